The van der Waals surface area contributed by atoms with E-state index in [2.05, 4.69) is 15.1 Å². The summed E-state index contributed by atoms with van der Waals surface area (Å²) >= 11 is 1.52. The standard InChI is InChI=1S/C11H8N4O2S/c1-6-4-18-9-8(6)12-5-13-10(9)15-3-7(2-14-15)11(16)17/h2-5H,1H3,(H,16,17). The van der Waals surface area contributed by atoms with Crippen molar-refractivity contribution >= 4 is 27.5 Å². The van der Waals surface area contributed by atoms with Crippen LogP contribution >= 0.6 is 11.3 Å². The van der Waals surface area contributed by atoms with Gasteiger partial charge in [0.15, 0.2) is 5.82 Å². The number of aromatic carboxylic acids is 1. The number of hydrogen-bond acceptors (Lipinski definition) is 5. The Morgan fingerprint density at radius 1 is 1.44 bits per heavy atom. The summed E-state index contributed by atoms with van der Waals surface area (Å²) in [5, 5.41) is 14.9. The van der Waals surface area contributed by atoms with Crippen molar-refractivity contribution < 1.29 is 9.90 Å². The third-order valence-corrected chi connectivity index (χ3v) is 3.64. The van der Waals surface area contributed by atoms with Crippen molar-refractivity contribution in [3.8, 4) is 5.82 Å². The topological polar surface area (TPSA) is 80.9 Å². The number of nitrogens with zero attached hydrogens (tertiary/aromatic N) is 4. The second-order valence-electron chi connectivity index (χ2n) is 3.77. The molecule has 3 heterocycles. The van der Waals surface area contributed by atoms with Gasteiger partial charge in [0.2, 0.25) is 0 Å². The predicted molar refractivity (Wildman–Crippen MR) is 66.2 cm³/mol. The quantitative estimate of drug-likeness (QED) is 0.760. The molecule has 0 atom stereocenters. The summed E-state index contributed by atoms with van der Waals surface area (Å²) in [4.78, 5) is 19.2. The molecular formula is C11H8N4O2S. The van der Waals surface area contributed by atoms with E-state index >= 15 is 0 Å². The van der Waals surface area contributed by atoms with Gasteiger partial charge in [0.1, 0.15) is 6.33 Å². The molecule has 0 aliphatic carbocycles. The Morgan fingerprint density at radius 3 is 3.00 bits per heavy atom. The zero-order valence-corrected chi connectivity index (χ0v) is 10.2. The molecule has 0 fully saturated rings. The van der Waals surface area contributed by atoms with E-state index in [9.17, 15) is 4.79 Å². The summed E-state index contributed by atoms with van der Waals surface area (Å²) in [5.74, 6) is -0.403. The van der Waals surface area contributed by atoms with E-state index < -0.39 is 5.97 Å². The molecule has 0 saturated heterocycles. The molecule has 0 unspecified atom stereocenters. The average Bonchev–Trinajstić information content (AvgIpc) is 2.97. The first kappa shape index (κ1) is 10.8. The fourth-order valence-electron chi connectivity index (χ4n) is 1.67. The molecule has 3 aromatic rings. The maximum atomic E-state index is 10.8. The van der Waals surface area contributed by atoms with Gasteiger partial charge in [-0.1, -0.05) is 0 Å². The summed E-state index contributed by atoms with van der Waals surface area (Å²) in [6.07, 6.45) is 4.20. The maximum absolute atomic E-state index is 10.8. The van der Waals surface area contributed by atoms with E-state index in [1.54, 1.807) is 0 Å². The van der Waals surface area contributed by atoms with Crippen molar-refractivity contribution in [1.82, 2.24) is 19.7 Å². The second kappa shape index (κ2) is 3.88. The van der Waals surface area contributed by atoms with Gasteiger partial charge in [0, 0.05) is 6.20 Å². The van der Waals surface area contributed by atoms with Crippen molar-refractivity contribution in [3.63, 3.8) is 0 Å². The Morgan fingerprint density at radius 2 is 2.28 bits per heavy atom. The molecule has 3 aromatic heterocycles. The van der Waals surface area contributed by atoms with E-state index in [0.717, 1.165) is 15.8 Å². The minimum Gasteiger partial charge on any atom is -0.478 e. The monoisotopic (exact) mass is 260 g/mol. The molecular weight excluding hydrogens is 252 g/mol. The van der Waals surface area contributed by atoms with E-state index in [4.69, 9.17) is 5.11 Å². The van der Waals surface area contributed by atoms with Crippen molar-refractivity contribution in [1.29, 1.82) is 0 Å². The number of hydrogen-bond donors (Lipinski definition) is 1. The highest BCUT2D eigenvalue weighted by molar-refractivity contribution is 7.17. The highest BCUT2D eigenvalue weighted by Gasteiger charge is 2.12. The minimum atomic E-state index is -1.01. The first-order chi connectivity index (χ1) is 8.66. The summed E-state index contributed by atoms with van der Waals surface area (Å²) in [7, 11) is 0. The van der Waals surface area contributed by atoms with E-state index in [1.807, 2.05) is 12.3 Å². The molecule has 0 aliphatic heterocycles. The van der Waals surface area contributed by atoms with Gasteiger partial charge in [-0.05, 0) is 17.9 Å². The van der Waals surface area contributed by atoms with Crippen LogP contribution in [0, 0.1) is 6.92 Å². The van der Waals surface area contributed by atoms with Gasteiger partial charge < -0.3 is 5.11 Å². The molecule has 0 amide bonds. The van der Waals surface area contributed by atoms with Crippen LogP contribution in [0.25, 0.3) is 16.0 Å². The number of carboxylic acid groups (broad SMARTS) is 1. The smallest absolute Gasteiger partial charge is 0.338 e. The lowest BCUT2D eigenvalue weighted by atomic mass is 10.3. The summed E-state index contributed by atoms with van der Waals surface area (Å²) in [6.45, 7) is 1.97. The van der Waals surface area contributed by atoms with E-state index in [-0.39, 0.29) is 5.56 Å². The molecule has 3 rings (SSSR count). The molecule has 0 bridgehead atoms. The van der Waals surface area contributed by atoms with Gasteiger partial charge in [-0.25, -0.2) is 19.4 Å². The van der Waals surface area contributed by atoms with Crippen LogP contribution in [-0.4, -0.2) is 30.8 Å². The van der Waals surface area contributed by atoms with Gasteiger partial charge in [0.25, 0.3) is 0 Å². The van der Waals surface area contributed by atoms with Crippen LogP contribution < -0.4 is 0 Å². The maximum Gasteiger partial charge on any atom is 0.338 e. The largest absolute Gasteiger partial charge is 0.478 e. The second-order valence-corrected chi connectivity index (χ2v) is 4.65. The number of thiophene rings is 1. The third-order valence-electron chi connectivity index (χ3n) is 2.56. The molecule has 6 nitrogen and oxygen atoms in total. The molecule has 18 heavy (non-hydrogen) atoms. The number of rotatable bonds is 2. The van der Waals surface area contributed by atoms with Crippen LogP contribution in [0.1, 0.15) is 15.9 Å². The summed E-state index contributed by atoms with van der Waals surface area (Å²) in [6, 6.07) is 0. The van der Waals surface area contributed by atoms with Gasteiger partial charge in [-0.15, -0.1) is 11.3 Å². The minimum absolute atomic E-state index is 0.134. The first-order valence-electron chi connectivity index (χ1n) is 5.14. The number of aryl methyl sites for hydroxylation is 1. The average molecular weight is 260 g/mol. The van der Waals surface area contributed by atoms with Crippen molar-refractivity contribution in [2.75, 3.05) is 0 Å². The molecule has 90 valence electrons. The normalized spacial score (nSPS) is 10.9. The molecule has 0 aromatic carbocycles. The van der Waals surface area contributed by atoms with Crippen molar-refractivity contribution in [3.05, 3.63) is 35.2 Å². The van der Waals surface area contributed by atoms with Crippen LogP contribution in [0.4, 0.5) is 0 Å². The van der Waals surface area contributed by atoms with Gasteiger partial charge >= 0.3 is 5.97 Å². The van der Waals surface area contributed by atoms with Crippen LogP contribution in [0.2, 0.25) is 0 Å². The highest BCUT2D eigenvalue weighted by atomic mass is 32.1. The van der Waals surface area contributed by atoms with Crippen LogP contribution in [0.15, 0.2) is 24.1 Å². The number of carboxylic acids is 1. The fraction of sp³-hybridized carbons (Fsp3) is 0.0909. The van der Waals surface area contributed by atoms with Crippen LogP contribution in [0.3, 0.4) is 0 Å². The van der Waals surface area contributed by atoms with Gasteiger partial charge in [0.05, 0.1) is 22.0 Å². The summed E-state index contributed by atoms with van der Waals surface area (Å²) < 4.78 is 2.36. The zero-order valence-electron chi connectivity index (χ0n) is 9.36. The molecule has 7 heteroatoms. The van der Waals surface area contributed by atoms with Crippen molar-refractivity contribution in [2.45, 2.75) is 6.92 Å². The molecule has 0 aliphatic rings. The molecule has 0 radical (unpaired) electrons. The van der Waals surface area contributed by atoms with Crippen LogP contribution in [-0.2, 0) is 0 Å². The predicted octanol–water partition coefficient (Wildman–Crippen LogP) is 1.88. The highest BCUT2D eigenvalue weighted by Crippen LogP contribution is 2.27. The first-order valence-corrected chi connectivity index (χ1v) is 6.02. The zero-order chi connectivity index (χ0) is 12.7. The molecule has 0 spiro atoms. The van der Waals surface area contributed by atoms with Crippen molar-refractivity contribution in [2.24, 2.45) is 0 Å². The Kier molecular flexibility index (Phi) is 2.34. The Hall–Kier alpha value is -2.28. The Balaban J connectivity index is 2.21. The number of aromatic nitrogens is 4. The lowest BCUT2D eigenvalue weighted by Crippen LogP contribution is -1.99. The van der Waals surface area contributed by atoms with Crippen LogP contribution in [0.5, 0.6) is 0 Å². The molecule has 0 saturated carbocycles. The van der Waals surface area contributed by atoms with E-state index in [1.165, 1.54) is 34.7 Å². The summed E-state index contributed by atoms with van der Waals surface area (Å²) in [5.41, 5.74) is 2.08. The number of fused-ring (bicyclic) bond motifs is 1. The lowest BCUT2D eigenvalue weighted by molar-refractivity contribution is 0.0697. The third kappa shape index (κ3) is 1.56. The Bertz CT molecular complexity index is 746. The lowest BCUT2D eigenvalue weighted by Gasteiger charge is -2.00. The van der Waals surface area contributed by atoms with Gasteiger partial charge in [-0.3, -0.25) is 0 Å². The Labute approximate surface area is 106 Å². The number of carbonyl (C=O) groups is 1. The SMILES string of the molecule is Cc1csc2c(-n3cc(C(=O)O)cn3)ncnc12. The molecule has 1 N–H and O–H groups in total. The van der Waals surface area contributed by atoms with E-state index in [0.29, 0.717) is 5.82 Å². The van der Waals surface area contributed by atoms with Gasteiger partial charge in [-0.2, -0.15) is 5.10 Å². The fourth-order valence-corrected chi connectivity index (χ4v) is 2.65.